The molecule has 0 heteroatoms. The Morgan fingerprint density at radius 1 is 1.00 bits per heavy atom. The van der Waals surface area contributed by atoms with Crippen molar-refractivity contribution in [1.82, 2.24) is 0 Å². The van der Waals surface area contributed by atoms with E-state index in [2.05, 4.69) is 54.7 Å². The summed E-state index contributed by atoms with van der Waals surface area (Å²) in [6.45, 7) is 0. The van der Waals surface area contributed by atoms with Gasteiger partial charge in [0.05, 0.1) is 0 Å². The SMILES string of the molecule is C1=Cc2cc3c(cc2=C1)C=CC=3C1C=CCCC1. The largest absolute Gasteiger partial charge is 0.0879 e. The van der Waals surface area contributed by atoms with Crippen LogP contribution in [0, 0.1) is 5.92 Å². The summed E-state index contributed by atoms with van der Waals surface area (Å²) in [5, 5.41) is 2.81. The minimum Gasteiger partial charge on any atom is -0.0879 e. The molecule has 1 aromatic rings. The Kier molecular flexibility index (Phi) is 2.16. The molecule has 3 aliphatic rings. The van der Waals surface area contributed by atoms with Gasteiger partial charge in [-0.25, -0.2) is 0 Å². The lowest BCUT2D eigenvalue weighted by atomic mass is 9.88. The molecule has 1 aromatic carbocycles. The summed E-state index contributed by atoms with van der Waals surface area (Å²) in [5.41, 5.74) is 4.28. The van der Waals surface area contributed by atoms with Crippen LogP contribution in [-0.2, 0) is 0 Å². The first kappa shape index (κ1) is 10.1. The highest BCUT2D eigenvalue weighted by molar-refractivity contribution is 5.80. The second-order valence-electron chi connectivity index (χ2n) is 5.35. The molecule has 0 aromatic heterocycles. The Morgan fingerprint density at radius 2 is 2.00 bits per heavy atom. The van der Waals surface area contributed by atoms with Gasteiger partial charge >= 0.3 is 0 Å². The fourth-order valence-corrected chi connectivity index (χ4v) is 3.25. The number of fused-ring (bicyclic) bond motifs is 2. The molecule has 0 saturated heterocycles. The predicted molar refractivity (Wildman–Crippen MR) is 78.1 cm³/mol. The smallest absolute Gasteiger partial charge is 0.00242 e. The van der Waals surface area contributed by atoms with Gasteiger partial charge < -0.3 is 0 Å². The van der Waals surface area contributed by atoms with Crippen molar-refractivity contribution in [1.29, 1.82) is 0 Å². The summed E-state index contributed by atoms with van der Waals surface area (Å²) in [5.74, 6) is 0.628. The van der Waals surface area contributed by atoms with Crippen molar-refractivity contribution in [2.24, 2.45) is 5.92 Å². The van der Waals surface area contributed by atoms with Crippen LogP contribution < -0.4 is 10.4 Å². The van der Waals surface area contributed by atoms with Crippen molar-refractivity contribution in [2.75, 3.05) is 0 Å². The molecule has 0 N–H and O–H groups in total. The van der Waals surface area contributed by atoms with Crippen molar-refractivity contribution < 1.29 is 0 Å². The Bertz CT molecular complexity index is 711. The highest BCUT2D eigenvalue weighted by atomic mass is 14.2. The fourth-order valence-electron chi connectivity index (χ4n) is 3.25. The average molecular weight is 232 g/mol. The van der Waals surface area contributed by atoms with Gasteiger partial charge in [-0.3, -0.25) is 0 Å². The molecule has 0 fully saturated rings. The van der Waals surface area contributed by atoms with Gasteiger partial charge in [-0.15, -0.1) is 0 Å². The molecule has 0 saturated carbocycles. The van der Waals surface area contributed by atoms with Gasteiger partial charge in [-0.1, -0.05) is 42.5 Å². The highest BCUT2D eigenvalue weighted by Crippen LogP contribution is 2.28. The van der Waals surface area contributed by atoms with E-state index in [0.29, 0.717) is 5.92 Å². The molecule has 0 spiro atoms. The minimum absolute atomic E-state index is 0.628. The van der Waals surface area contributed by atoms with E-state index < -0.39 is 0 Å². The maximum absolute atomic E-state index is 2.40. The van der Waals surface area contributed by atoms with Gasteiger partial charge in [-0.05, 0) is 58.5 Å². The highest BCUT2D eigenvalue weighted by Gasteiger charge is 2.16. The van der Waals surface area contributed by atoms with Crippen LogP contribution in [0.4, 0.5) is 0 Å². The topological polar surface area (TPSA) is 0 Å². The van der Waals surface area contributed by atoms with Gasteiger partial charge in [0.25, 0.3) is 0 Å². The number of benzene rings is 1. The third-order valence-corrected chi connectivity index (χ3v) is 4.21. The zero-order valence-corrected chi connectivity index (χ0v) is 10.4. The molecule has 1 unspecified atom stereocenters. The summed E-state index contributed by atoms with van der Waals surface area (Å²) < 4.78 is 0. The molecular formula is C18H16. The number of hydrogen-bond acceptors (Lipinski definition) is 0. The van der Waals surface area contributed by atoms with Gasteiger partial charge in [0.15, 0.2) is 0 Å². The number of hydrogen-bond donors (Lipinski definition) is 0. The lowest BCUT2D eigenvalue weighted by Crippen LogP contribution is -2.17. The van der Waals surface area contributed by atoms with Gasteiger partial charge in [0.2, 0.25) is 0 Å². The van der Waals surface area contributed by atoms with Gasteiger partial charge in [0.1, 0.15) is 0 Å². The van der Waals surface area contributed by atoms with Crippen molar-refractivity contribution >= 4 is 23.8 Å². The second-order valence-corrected chi connectivity index (χ2v) is 5.35. The monoisotopic (exact) mass is 232 g/mol. The predicted octanol–water partition coefficient (Wildman–Crippen LogP) is 3.03. The number of allylic oxidation sites excluding steroid dienone is 4. The van der Waals surface area contributed by atoms with E-state index in [1.165, 1.54) is 46.4 Å². The Labute approximate surface area is 107 Å². The second kappa shape index (κ2) is 3.84. The van der Waals surface area contributed by atoms with Crippen LogP contribution >= 0.6 is 0 Å². The lowest BCUT2D eigenvalue weighted by molar-refractivity contribution is 0.643. The average Bonchev–Trinajstić information content (AvgIpc) is 3.02. The number of rotatable bonds is 1. The molecule has 0 aliphatic heterocycles. The Morgan fingerprint density at radius 3 is 2.89 bits per heavy atom. The third-order valence-electron chi connectivity index (χ3n) is 4.21. The Balaban J connectivity index is 1.93. The minimum atomic E-state index is 0.628. The van der Waals surface area contributed by atoms with E-state index in [0.717, 1.165) is 0 Å². The van der Waals surface area contributed by atoms with Crippen LogP contribution in [0.3, 0.4) is 0 Å². The molecule has 0 bridgehead atoms. The van der Waals surface area contributed by atoms with Crippen molar-refractivity contribution in [3.63, 3.8) is 0 Å². The van der Waals surface area contributed by atoms with Crippen molar-refractivity contribution in [2.45, 2.75) is 19.3 Å². The molecular weight excluding hydrogens is 216 g/mol. The van der Waals surface area contributed by atoms with Crippen molar-refractivity contribution in [3.05, 3.63) is 58.0 Å². The van der Waals surface area contributed by atoms with Crippen LogP contribution in [0.2, 0.25) is 0 Å². The maximum Gasteiger partial charge on any atom is 0.00242 e. The quantitative estimate of drug-likeness (QED) is 0.653. The normalized spacial score (nSPS) is 23.1. The van der Waals surface area contributed by atoms with E-state index in [1.54, 1.807) is 0 Å². The van der Waals surface area contributed by atoms with Crippen LogP contribution in [0.15, 0.2) is 36.4 Å². The Hall–Kier alpha value is -1.82. The zero-order chi connectivity index (χ0) is 11.9. The van der Waals surface area contributed by atoms with E-state index >= 15 is 0 Å². The lowest BCUT2D eigenvalue weighted by Gasteiger charge is -2.16. The van der Waals surface area contributed by atoms with Crippen LogP contribution in [0.5, 0.6) is 0 Å². The molecule has 0 nitrogen and oxygen atoms in total. The summed E-state index contributed by atoms with van der Waals surface area (Å²) in [7, 11) is 0. The summed E-state index contributed by atoms with van der Waals surface area (Å²) in [4.78, 5) is 0. The standard InChI is InChI=1S/C18H16/c1-2-5-13(6-3-1)17-10-9-16-11-14-7-4-8-15(14)12-18(16)17/h2,4-5,7-13H,1,3,6H2. The van der Waals surface area contributed by atoms with E-state index in [1.807, 2.05) is 0 Å². The third kappa shape index (κ3) is 1.45. The zero-order valence-electron chi connectivity index (χ0n) is 10.4. The molecule has 0 amide bonds. The van der Waals surface area contributed by atoms with Crippen molar-refractivity contribution in [3.8, 4) is 0 Å². The molecule has 0 heterocycles. The molecule has 4 rings (SSSR count). The van der Waals surface area contributed by atoms with E-state index in [9.17, 15) is 0 Å². The summed E-state index contributed by atoms with van der Waals surface area (Å²) >= 11 is 0. The van der Waals surface area contributed by atoms with Crippen LogP contribution in [-0.4, -0.2) is 0 Å². The van der Waals surface area contributed by atoms with E-state index in [4.69, 9.17) is 0 Å². The first-order valence-corrected chi connectivity index (χ1v) is 6.83. The molecule has 3 aliphatic carbocycles. The molecule has 1 atom stereocenters. The maximum atomic E-state index is 2.40. The first-order chi connectivity index (χ1) is 8.92. The van der Waals surface area contributed by atoms with Gasteiger partial charge in [-0.2, -0.15) is 0 Å². The first-order valence-electron chi connectivity index (χ1n) is 6.83. The fraction of sp³-hybridized carbons (Fsp3) is 0.222. The van der Waals surface area contributed by atoms with Gasteiger partial charge in [0, 0.05) is 5.92 Å². The van der Waals surface area contributed by atoms with E-state index in [-0.39, 0.29) is 0 Å². The molecule has 18 heavy (non-hydrogen) atoms. The molecule has 0 radical (unpaired) electrons. The summed E-state index contributed by atoms with van der Waals surface area (Å²) in [6.07, 6.45) is 19.8. The van der Waals surface area contributed by atoms with Crippen LogP contribution in [0.1, 0.15) is 30.4 Å². The van der Waals surface area contributed by atoms with Crippen LogP contribution in [0.25, 0.3) is 23.8 Å². The molecule has 88 valence electrons. The summed E-state index contributed by atoms with van der Waals surface area (Å²) in [6, 6.07) is 4.68.